The average molecular weight is 259 g/mol. The van der Waals surface area contributed by atoms with Crippen molar-refractivity contribution in [2.24, 2.45) is 5.73 Å². The second-order valence-corrected chi connectivity index (χ2v) is 5.63. The van der Waals surface area contributed by atoms with Crippen LogP contribution in [-0.4, -0.2) is 30.7 Å². The third kappa shape index (κ3) is 5.15. The van der Waals surface area contributed by atoms with Crippen molar-refractivity contribution >= 4 is 27.2 Å². The molecule has 1 aromatic rings. The van der Waals surface area contributed by atoms with Crippen LogP contribution in [0.15, 0.2) is 24.4 Å². The summed E-state index contributed by atoms with van der Waals surface area (Å²) < 4.78 is 25.2. The van der Waals surface area contributed by atoms with E-state index in [1.54, 1.807) is 18.3 Å². The van der Waals surface area contributed by atoms with E-state index in [1.165, 1.54) is 0 Å². The molecule has 88 valence electrons. The smallest absolute Gasteiger partial charge is 0.212 e. The summed E-state index contributed by atoms with van der Waals surface area (Å²) in [4.78, 5) is 4.16. The van der Waals surface area contributed by atoms with Gasteiger partial charge >= 0.3 is 0 Å². The maximum Gasteiger partial charge on any atom is 0.212 e. The average Bonchev–Trinajstić information content (AvgIpc) is 2.26. The predicted octanol–water partition coefficient (Wildman–Crippen LogP) is -0.170. The molecule has 0 bridgehead atoms. The zero-order valence-electron chi connectivity index (χ0n) is 8.59. The summed E-state index contributed by atoms with van der Waals surface area (Å²) >= 11 is 4.58. The Kier molecular flexibility index (Phi) is 4.78. The topological polar surface area (TPSA) is 85.1 Å². The molecule has 0 spiro atoms. The molecule has 0 aliphatic rings. The van der Waals surface area contributed by atoms with Crippen molar-refractivity contribution in [2.75, 3.05) is 12.3 Å². The van der Waals surface area contributed by atoms with Crippen molar-refractivity contribution < 1.29 is 8.42 Å². The van der Waals surface area contributed by atoms with Gasteiger partial charge in [0.2, 0.25) is 10.0 Å². The number of aryl methyl sites for hydroxylation is 1. The van der Waals surface area contributed by atoms with Gasteiger partial charge in [0.05, 0.1) is 17.3 Å². The van der Waals surface area contributed by atoms with E-state index in [0.717, 1.165) is 5.69 Å². The number of nitrogens with one attached hydrogen (secondary N) is 1. The first kappa shape index (κ1) is 13.0. The summed E-state index contributed by atoms with van der Waals surface area (Å²) in [5.41, 5.74) is 5.94. The van der Waals surface area contributed by atoms with Crippen molar-refractivity contribution in [2.45, 2.75) is 6.42 Å². The van der Waals surface area contributed by atoms with Crippen LogP contribution in [0.1, 0.15) is 5.69 Å². The van der Waals surface area contributed by atoms with Gasteiger partial charge in [-0.1, -0.05) is 18.3 Å². The Labute approximate surface area is 100 Å². The Morgan fingerprint density at radius 3 is 2.81 bits per heavy atom. The highest BCUT2D eigenvalue weighted by atomic mass is 32.2. The zero-order valence-corrected chi connectivity index (χ0v) is 10.2. The van der Waals surface area contributed by atoms with Gasteiger partial charge in [0.25, 0.3) is 0 Å². The predicted molar refractivity (Wildman–Crippen MR) is 66.5 cm³/mol. The third-order valence-electron chi connectivity index (χ3n) is 1.82. The van der Waals surface area contributed by atoms with Gasteiger partial charge < -0.3 is 5.73 Å². The van der Waals surface area contributed by atoms with Crippen LogP contribution < -0.4 is 10.5 Å². The van der Waals surface area contributed by atoms with E-state index in [2.05, 4.69) is 21.9 Å². The first-order chi connectivity index (χ1) is 7.49. The zero-order chi connectivity index (χ0) is 12.0. The van der Waals surface area contributed by atoms with Crippen LogP contribution in [-0.2, 0) is 16.4 Å². The maximum atomic E-state index is 11.5. The van der Waals surface area contributed by atoms with Crippen molar-refractivity contribution in [3.8, 4) is 0 Å². The second-order valence-electron chi connectivity index (χ2n) is 3.18. The SMILES string of the molecule is NC(=S)CNS(=O)(=O)CCc1ccccn1. The number of hydrogen-bond donors (Lipinski definition) is 2. The van der Waals surface area contributed by atoms with Crippen LogP contribution in [0.25, 0.3) is 0 Å². The molecular weight excluding hydrogens is 246 g/mol. The number of sulfonamides is 1. The van der Waals surface area contributed by atoms with E-state index >= 15 is 0 Å². The van der Waals surface area contributed by atoms with Gasteiger partial charge in [-0.05, 0) is 12.1 Å². The quantitative estimate of drug-likeness (QED) is 0.693. The van der Waals surface area contributed by atoms with Gasteiger partial charge in [-0.15, -0.1) is 0 Å². The molecule has 1 rings (SSSR count). The summed E-state index contributed by atoms with van der Waals surface area (Å²) in [5.74, 6) is -0.0212. The van der Waals surface area contributed by atoms with Gasteiger partial charge in [0.15, 0.2) is 0 Å². The second kappa shape index (κ2) is 5.88. The summed E-state index contributed by atoms with van der Waals surface area (Å²) in [5, 5.41) is 0. The molecule has 0 aliphatic carbocycles. The van der Waals surface area contributed by atoms with Crippen molar-refractivity contribution in [3.05, 3.63) is 30.1 Å². The summed E-state index contributed by atoms with van der Waals surface area (Å²) in [6.45, 7) is -0.000114. The largest absolute Gasteiger partial charge is 0.392 e. The summed E-state index contributed by atoms with van der Waals surface area (Å²) in [6.07, 6.45) is 2.00. The Bertz CT molecular complexity index is 445. The Hall–Kier alpha value is -1.05. The van der Waals surface area contributed by atoms with E-state index in [1.807, 2.05) is 6.07 Å². The van der Waals surface area contributed by atoms with Crippen LogP contribution in [0.3, 0.4) is 0 Å². The molecule has 0 atom stereocenters. The number of pyridine rings is 1. The fourth-order valence-electron chi connectivity index (χ4n) is 1.04. The van der Waals surface area contributed by atoms with E-state index in [-0.39, 0.29) is 17.3 Å². The highest BCUT2D eigenvalue weighted by Gasteiger charge is 2.10. The van der Waals surface area contributed by atoms with Crippen LogP contribution in [0.2, 0.25) is 0 Å². The molecule has 0 aromatic carbocycles. The van der Waals surface area contributed by atoms with E-state index in [4.69, 9.17) is 5.73 Å². The minimum atomic E-state index is -3.33. The van der Waals surface area contributed by atoms with E-state index in [0.29, 0.717) is 6.42 Å². The lowest BCUT2D eigenvalue weighted by molar-refractivity contribution is 0.585. The van der Waals surface area contributed by atoms with Gasteiger partial charge in [-0.25, -0.2) is 13.1 Å². The fraction of sp³-hybridized carbons (Fsp3) is 0.333. The maximum absolute atomic E-state index is 11.5. The first-order valence-electron chi connectivity index (χ1n) is 4.65. The fourth-order valence-corrected chi connectivity index (χ4v) is 2.20. The third-order valence-corrected chi connectivity index (χ3v) is 3.29. The molecule has 7 heteroatoms. The number of thiocarbonyl (C=S) groups is 1. The Morgan fingerprint density at radius 2 is 2.25 bits per heavy atom. The van der Waals surface area contributed by atoms with Crippen LogP contribution in [0.5, 0.6) is 0 Å². The molecule has 0 fully saturated rings. The lowest BCUT2D eigenvalue weighted by Crippen LogP contribution is -2.34. The van der Waals surface area contributed by atoms with Crippen molar-refractivity contribution in [1.29, 1.82) is 0 Å². The molecule has 1 aromatic heterocycles. The number of hydrogen-bond acceptors (Lipinski definition) is 4. The molecule has 0 aliphatic heterocycles. The van der Waals surface area contributed by atoms with Gasteiger partial charge in [-0.3, -0.25) is 4.98 Å². The standard InChI is InChI=1S/C9H13N3O2S2/c10-9(15)7-12-16(13,14)6-4-8-3-1-2-5-11-8/h1-3,5,12H,4,6-7H2,(H2,10,15). The molecule has 0 amide bonds. The molecule has 0 saturated heterocycles. The molecule has 16 heavy (non-hydrogen) atoms. The first-order valence-corrected chi connectivity index (χ1v) is 6.71. The number of aromatic nitrogens is 1. The Morgan fingerprint density at radius 1 is 1.50 bits per heavy atom. The number of rotatable bonds is 6. The highest BCUT2D eigenvalue weighted by molar-refractivity contribution is 7.89. The highest BCUT2D eigenvalue weighted by Crippen LogP contribution is 1.97. The lowest BCUT2D eigenvalue weighted by Gasteiger charge is -2.05. The summed E-state index contributed by atoms with van der Waals surface area (Å²) in [7, 11) is -3.33. The minimum Gasteiger partial charge on any atom is -0.392 e. The van der Waals surface area contributed by atoms with Crippen molar-refractivity contribution in [3.63, 3.8) is 0 Å². The molecular formula is C9H13N3O2S2. The molecule has 0 unspecified atom stereocenters. The van der Waals surface area contributed by atoms with Gasteiger partial charge in [0, 0.05) is 18.3 Å². The van der Waals surface area contributed by atoms with E-state index < -0.39 is 10.0 Å². The molecule has 3 N–H and O–H groups in total. The molecule has 0 radical (unpaired) electrons. The normalized spacial score (nSPS) is 11.2. The Balaban J connectivity index is 2.45. The van der Waals surface area contributed by atoms with Crippen LogP contribution >= 0.6 is 12.2 Å². The monoisotopic (exact) mass is 259 g/mol. The van der Waals surface area contributed by atoms with Gasteiger partial charge in [-0.2, -0.15) is 0 Å². The molecule has 0 saturated carbocycles. The number of nitrogens with two attached hydrogens (primary N) is 1. The van der Waals surface area contributed by atoms with Crippen molar-refractivity contribution in [1.82, 2.24) is 9.71 Å². The van der Waals surface area contributed by atoms with Crippen LogP contribution in [0.4, 0.5) is 0 Å². The molecule has 5 nitrogen and oxygen atoms in total. The minimum absolute atomic E-state index is 0.000114. The number of nitrogens with zero attached hydrogens (tertiary/aromatic N) is 1. The van der Waals surface area contributed by atoms with Crippen LogP contribution in [0, 0.1) is 0 Å². The summed E-state index contributed by atoms with van der Waals surface area (Å²) in [6, 6.07) is 5.38. The van der Waals surface area contributed by atoms with E-state index in [9.17, 15) is 8.42 Å². The van der Waals surface area contributed by atoms with Gasteiger partial charge in [0.1, 0.15) is 0 Å². The molecule has 1 heterocycles. The lowest BCUT2D eigenvalue weighted by atomic mass is 10.3.